The first-order valence-electron chi connectivity index (χ1n) is 5.52. The number of rotatable bonds is 6. The van der Waals surface area contributed by atoms with E-state index in [1.807, 2.05) is 12.4 Å². The van der Waals surface area contributed by atoms with Gasteiger partial charge in [-0.15, -0.1) is 0 Å². The van der Waals surface area contributed by atoms with Gasteiger partial charge in [-0.25, -0.2) is 0 Å². The first-order chi connectivity index (χ1) is 6.83. The minimum atomic E-state index is -0.0478. The Labute approximate surface area is 86.7 Å². The van der Waals surface area contributed by atoms with Crippen molar-refractivity contribution in [1.82, 2.24) is 10.6 Å². The van der Waals surface area contributed by atoms with E-state index in [4.69, 9.17) is 0 Å². The molecule has 1 aliphatic heterocycles. The Kier molecular flexibility index (Phi) is 4.84. The smallest absolute Gasteiger partial charge is 0.0947 e. The summed E-state index contributed by atoms with van der Waals surface area (Å²) in [6.07, 6.45) is 9.20. The lowest BCUT2D eigenvalue weighted by Gasteiger charge is -2.33. The van der Waals surface area contributed by atoms with Gasteiger partial charge in [0.05, 0.1) is 5.66 Å². The molecule has 0 saturated heterocycles. The quantitative estimate of drug-likeness (QED) is 0.633. The van der Waals surface area contributed by atoms with Crippen molar-refractivity contribution in [2.24, 2.45) is 4.99 Å². The molecule has 1 rings (SSSR count). The maximum atomic E-state index is 4.10. The first kappa shape index (κ1) is 11.4. The summed E-state index contributed by atoms with van der Waals surface area (Å²) in [5, 5.41) is 7.06. The Morgan fingerprint density at radius 3 is 2.29 bits per heavy atom. The Hall–Kier alpha value is -0.670. The lowest BCUT2D eigenvalue weighted by atomic mass is 10.0. The van der Waals surface area contributed by atoms with Gasteiger partial charge in [-0.2, -0.15) is 0 Å². The number of nitrogens with zero attached hydrogens (tertiary/aromatic N) is 1. The maximum Gasteiger partial charge on any atom is 0.0947 e. The van der Waals surface area contributed by atoms with Crippen molar-refractivity contribution in [3.05, 3.63) is 12.3 Å². The number of hydrogen-bond acceptors (Lipinski definition) is 3. The summed E-state index contributed by atoms with van der Waals surface area (Å²) in [7, 11) is 0. The topological polar surface area (TPSA) is 36.4 Å². The molecule has 0 atom stereocenters. The molecule has 0 radical (unpaired) electrons. The average Bonchev–Trinajstić information content (AvgIpc) is 2.25. The largest absolute Gasteiger partial charge is 0.296 e. The summed E-state index contributed by atoms with van der Waals surface area (Å²) in [6, 6.07) is 0. The van der Waals surface area contributed by atoms with Gasteiger partial charge in [0.2, 0.25) is 0 Å². The minimum Gasteiger partial charge on any atom is -0.296 e. The molecular formula is C11H21N3. The molecule has 80 valence electrons. The van der Waals surface area contributed by atoms with Crippen LogP contribution in [0.5, 0.6) is 0 Å². The van der Waals surface area contributed by atoms with Crippen molar-refractivity contribution >= 4 is 6.21 Å². The lowest BCUT2D eigenvalue weighted by Crippen LogP contribution is -2.56. The van der Waals surface area contributed by atoms with Gasteiger partial charge in [0.1, 0.15) is 0 Å². The van der Waals surface area contributed by atoms with Gasteiger partial charge < -0.3 is 0 Å². The Morgan fingerprint density at radius 1 is 1.21 bits per heavy atom. The summed E-state index contributed by atoms with van der Waals surface area (Å²) < 4.78 is 0. The molecule has 0 amide bonds. The number of hydrogen-bond donors (Lipinski definition) is 2. The van der Waals surface area contributed by atoms with E-state index < -0.39 is 0 Å². The van der Waals surface area contributed by atoms with Crippen LogP contribution in [-0.2, 0) is 0 Å². The van der Waals surface area contributed by atoms with Crippen LogP contribution >= 0.6 is 0 Å². The van der Waals surface area contributed by atoms with E-state index in [0.717, 1.165) is 32.4 Å². The normalized spacial score (nSPS) is 18.7. The fourth-order valence-corrected chi connectivity index (χ4v) is 1.52. The fourth-order valence-electron chi connectivity index (χ4n) is 1.52. The van der Waals surface area contributed by atoms with E-state index in [9.17, 15) is 0 Å². The maximum absolute atomic E-state index is 4.10. The van der Waals surface area contributed by atoms with Gasteiger partial charge in [-0.3, -0.25) is 15.6 Å². The zero-order valence-corrected chi connectivity index (χ0v) is 9.21. The van der Waals surface area contributed by atoms with E-state index in [-0.39, 0.29) is 5.66 Å². The van der Waals surface area contributed by atoms with Crippen molar-refractivity contribution in [2.45, 2.75) is 38.8 Å². The summed E-state index contributed by atoms with van der Waals surface area (Å²) in [4.78, 5) is 4.10. The second kappa shape index (κ2) is 5.94. The van der Waals surface area contributed by atoms with E-state index in [0.29, 0.717) is 0 Å². The van der Waals surface area contributed by atoms with Crippen LogP contribution in [-0.4, -0.2) is 25.0 Å². The van der Waals surface area contributed by atoms with Crippen LogP contribution in [0.3, 0.4) is 0 Å². The highest BCUT2D eigenvalue weighted by Crippen LogP contribution is 2.11. The SMILES string of the molecule is CCCNC1(NCCC)C=CN=CC1. The van der Waals surface area contributed by atoms with Crippen molar-refractivity contribution in [2.75, 3.05) is 13.1 Å². The highest BCUT2D eigenvalue weighted by atomic mass is 15.2. The molecule has 0 aromatic heterocycles. The highest BCUT2D eigenvalue weighted by Gasteiger charge is 2.25. The molecule has 3 heteroatoms. The van der Waals surface area contributed by atoms with Gasteiger partial charge >= 0.3 is 0 Å². The van der Waals surface area contributed by atoms with Crippen LogP contribution in [0.4, 0.5) is 0 Å². The monoisotopic (exact) mass is 195 g/mol. The van der Waals surface area contributed by atoms with Crippen molar-refractivity contribution in [1.29, 1.82) is 0 Å². The minimum absolute atomic E-state index is 0.0478. The van der Waals surface area contributed by atoms with Crippen LogP contribution in [0, 0.1) is 0 Å². The van der Waals surface area contributed by atoms with Gasteiger partial charge in [-0.1, -0.05) is 13.8 Å². The van der Waals surface area contributed by atoms with Gasteiger partial charge in [0.25, 0.3) is 0 Å². The van der Waals surface area contributed by atoms with Crippen molar-refractivity contribution < 1.29 is 0 Å². The molecule has 2 N–H and O–H groups in total. The molecule has 0 aromatic carbocycles. The zero-order chi connectivity index (χ0) is 10.3. The number of nitrogens with one attached hydrogen (secondary N) is 2. The number of aliphatic imine (C=N–C) groups is 1. The second-order valence-electron chi connectivity index (χ2n) is 3.68. The van der Waals surface area contributed by atoms with E-state index in [2.05, 4.69) is 35.5 Å². The molecule has 0 fully saturated rings. The average molecular weight is 195 g/mol. The highest BCUT2D eigenvalue weighted by molar-refractivity contribution is 5.62. The molecule has 1 heterocycles. The summed E-state index contributed by atoms with van der Waals surface area (Å²) in [6.45, 7) is 6.44. The first-order valence-corrected chi connectivity index (χ1v) is 5.52. The Bertz CT molecular complexity index is 201. The molecule has 0 aliphatic carbocycles. The molecule has 0 aromatic rings. The van der Waals surface area contributed by atoms with Crippen LogP contribution in [0.1, 0.15) is 33.1 Å². The van der Waals surface area contributed by atoms with E-state index in [1.54, 1.807) is 0 Å². The lowest BCUT2D eigenvalue weighted by molar-refractivity contribution is 0.334. The standard InChI is InChI=1S/C11H21N3/c1-3-7-13-11(14-8-4-2)5-9-12-10-6-11/h5,9-10,13-14H,3-4,6-8H2,1-2H3. The van der Waals surface area contributed by atoms with Crippen LogP contribution in [0.25, 0.3) is 0 Å². The molecule has 1 aliphatic rings. The van der Waals surface area contributed by atoms with Gasteiger partial charge in [-0.05, 0) is 32.0 Å². The van der Waals surface area contributed by atoms with Crippen molar-refractivity contribution in [3.8, 4) is 0 Å². The summed E-state index contributed by atoms with van der Waals surface area (Å²) in [5.41, 5.74) is -0.0478. The molecule has 0 bridgehead atoms. The predicted molar refractivity (Wildman–Crippen MR) is 61.6 cm³/mol. The van der Waals surface area contributed by atoms with Crippen LogP contribution in [0.2, 0.25) is 0 Å². The van der Waals surface area contributed by atoms with Gasteiger partial charge in [0, 0.05) is 18.8 Å². The Morgan fingerprint density at radius 2 is 1.86 bits per heavy atom. The zero-order valence-electron chi connectivity index (χ0n) is 9.21. The molecule has 0 unspecified atom stereocenters. The molecule has 0 spiro atoms. The Balaban J connectivity index is 2.50. The fraction of sp³-hybridized carbons (Fsp3) is 0.727. The predicted octanol–water partition coefficient (Wildman–Crippen LogP) is 1.67. The third-order valence-corrected chi connectivity index (χ3v) is 2.34. The second-order valence-corrected chi connectivity index (χ2v) is 3.68. The molecule has 14 heavy (non-hydrogen) atoms. The third-order valence-electron chi connectivity index (χ3n) is 2.34. The molecular weight excluding hydrogens is 174 g/mol. The van der Waals surface area contributed by atoms with E-state index >= 15 is 0 Å². The van der Waals surface area contributed by atoms with E-state index in [1.165, 1.54) is 0 Å². The molecule has 0 saturated carbocycles. The van der Waals surface area contributed by atoms with Crippen LogP contribution in [0.15, 0.2) is 17.3 Å². The summed E-state index contributed by atoms with van der Waals surface area (Å²) in [5.74, 6) is 0. The van der Waals surface area contributed by atoms with Gasteiger partial charge in [0.15, 0.2) is 0 Å². The molecule has 3 nitrogen and oxygen atoms in total. The summed E-state index contributed by atoms with van der Waals surface area (Å²) >= 11 is 0. The van der Waals surface area contributed by atoms with Crippen molar-refractivity contribution in [3.63, 3.8) is 0 Å². The third kappa shape index (κ3) is 3.24. The van der Waals surface area contributed by atoms with Crippen LogP contribution < -0.4 is 10.6 Å².